The first-order chi connectivity index (χ1) is 11.1. The number of aryl methyl sites for hydroxylation is 1. The van der Waals surface area contributed by atoms with Gasteiger partial charge in [-0.15, -0.1) is 0 Å². The second kappa shape index (κ2) is 5.88. The molecule has 0 radical (unpaired) electrons. The van der Waals surface area contributed by atoms with Gasteiger partial charge in [0.1, 0.15) is 5.82 Å². The van der Waals surface area contributed by atoms with E-state index in [9.17, 15) is 9.59 Å². The minimum absolute atomic E-state index is 0.257. The number of carbonyl (C=O) groups excluding carboxylic acids is 2. The Morgan fingerprint density at radius 2 is 2.00 bits per heavy atom. The summed E-state index contributed by atoms with van der Waals surface area (Å²) in [4.78, 5) is 28.0. The van der Waals surface area contributed by atoms with E-state index in [0.717, 1.165) is 10.9 Å². The molecule has 1 N–H and O–H groups in total. The van der Waals surface area contributed by atoms with Crippen molar-refractivity contribution in [3.63, 3.8) is 0 Å². The number of fused-ring (bicyclic) bond motifs is 1. The van der Waals surface area contributed by atoms with E-state index in [1.54, 1.807) is 11.7 Å². The molecule has 23 heavy (non-hydrogen) atoms. The highest BCUT2D eigenvalue weighted by molar-refractivity contribution is 6.11. The molecule has 0 bridgehead atoms. The van der Waals surface area contributed by atoms with Gasteiger partial charge in [0.05, 0.1) is 18.2 Å². The highest BCUT2D eigenvalue weighted by atomic mass is 16.5. The zero-order valence-corrected chi connectivity index (χ0v) is 12.6. The Labute approximate surface area is 131 Å². The summed E-state index contributed by atoms with van der Waals surface area (Å²) in [6, 6.07) is 10.4. The Morgan fingerprint density at radius 3 is 2.78 bits per heavy atom. The Hall–Kier alpha value is -3.22. The van der Waals surface area contributed by atoms with Crippen molar-refractivity contribution < 1.29 is 14.3 Å². The molecule has 0 fully saturated rings. The molecule has 0 saturated carbocycles. The number of amides is 1. The average Bonchev–Trinajstić information content (AvgIpc) is 2.92. The standard InChI is InChI=1S/C16H14N4O3/c1-20-12-6-4-3-5-11(12)14(19-20)15(21)18-13-9-10(7-8-17-13)16(22)23-2/h3-9H,1-2H3,(H,17,18,21). The quantitative estimate of drug-likeness (QED) is 0.748. The molecule has 0 aliphatic heterocycles. The van der Waals surface area contributed by atoms with Crippen LogP contribution in [0.3, 0.4) is 0 Å². The van der Waals surface area contributed by atoms with Gasteiger partial charge in [-0.3, -0.25) is 9.48 Å². The number of aromatic nitrogens is 3. The maximum Gasteiger partial charge on any atom is 0.338 e. The second-order valence-electron chi connectivity index (χ2n) is 4.86. The Morgan fingerprint density at radius 1 is 1.22 bits per heavy atom. The molecule has 116 valence electrons. The lowest BCUT2D eigenvalue weighted by molar-refractivity contribution is 0.0600. The molecule has 0 unspecified atom stereocenters. The summed E-state index contributed by atoms with van der Waals surface area (Å²) in [7, 11) is 3.07. The lowest BCUT2D eigenvalue weighted by Crippen LogP contribution is -2.15. The summed E-state index contributed by atoms with van der Waals surface area (Å²) < 4.78 is 6.29. The predicted molar refractivity (Wildman–Crippen MR) is 84.2 cm³/mol. The average molecular weight is 310 g/mol. The maximum atomic E-state index is 12.4. The fraction of sp³-hybridized carbons (Fsp3) is 0.125. The van der Waals surface area contributed by atoms with Crippen LogP contribution in [0.2, 0.25) is 0 Å². The molecule has 1 amide bonds. The van der Waals surface area contributed by atoms with Crippen LogP contribution in [0.25, 0.3) is 10.9 Å². The molecular weight excluding hydrogens is 296 g/mol. The predicted octanol–water partition coefficient (Wildman–Crippen LogP) is 2.01. The van der Waals surface area contributed by atoms with Gasteiger partial charge in [-0.05, 0) is 18.2 Å². The molecule has 3 aromatic rings. The Kier molecular flexibility index (Phi) is 3.76. The highest BCUT2D eigenvalue weighted by Gasteiger charge is 2.17. The van der Waals surface area contributed by atoms with Crippen molar-refractivity contribution in [3.05, 3.63) is 53.9 Å². The van der Waals surface area contributed by atoms with Gasteiger partial charge in [-0.1, -0.05) is 18.2 Å². The summed E-state index contributed by atoms with van der Waals surface area (Å²) in [5.74, 6) is -0.630. The molecular formula is C16H14N4O3. The SMILES string of the molecule is COC(=O)c1ccnc(NC(=O)c2nn(C)c3ccccc23)c1. The van der Waals surface area contributed by atoms with E-state index in [-0.39, 0.29) is 5.82 Å². The number of pyridine rings is 1. The highest BCUT2D eigenvalue weighted by Crippen LogP contribution is 2.18. The maximum absolute atomic E-state index is 12.4. The fourth-order valence-corrected chi connectivity index (χ4v) is 2.30. The molecule has 3 rings (SSSR count). The third-order valence-corrected chi connectivity index (χ3v) is 3.40. The first-order valence-electron chi connectivity index (χ1n) is 6.87. The Bertz CT molecular complexity index is 901. The van der Waals surface area contributed by atoms with Crippen molar-refractivity contribution in [3.8, 4) is 0 Å². The van der Waals surface area contributed by atoms with Crippen molar-refractivity contribution in [2.45, 2.75) is 0 Å². The summed E-state index contributed by atoms with van der Waals surface area (Å²) in [6.45, 7) is 0. The molecule has 1 aromatic carbocycles. The smallest absolute Gasteiger partial charge is 0.338 e. The first kappa shape index (κ1) is 14.7. The van der Waals surface area contributed by atoms with Crippen LogP contribution >= 0.6 is 0 Å². The third kappa shape index (κ3) is 2.76. The lowest BCUT2D eigenvalue weighted by Gasteiger charge is -2.04. The fourth-order valence-electron chi connectivity index (χ4n) is 2.30. The van der Waals surface area contributed by atoms with Crippen LogP contribution in [-0.4, -0.2) is 33.8 Å². The van der Waals surface area contributed by atoms with Gasteiger partial charge in [0.25, 0.3) is 5.91 Å². The molecule has 0 saturated heterocycles. The molecule has 0 atom stereocenters. The zero-order chi connectivity index (χ0) is 16.4. The van der Waals surface area contributed by atoms with Gasteiger partial charge in [-0.2, -0.15) is 5.10 Å². The summed E-state index contributed by atoms with van der Waals surface area (Å²) >= 11 is 0. The number of methoxy groups -OCH3 is 1. The number of hydrogen-bond donors (Lipinski definition) is 1. The number of carbonyl (C=O) groups is 2. The normalized spacial score (nSPS) is 10.5. The van der Waals surface area contributed by atoms with Crippen molar-refractivity contribution in [1.29, 1.82) is 0 Å². The van der Waals surface area contributed by atoms with Crippen molar-refractivity contribution in [1.82, 2.24) is 14.8 Å². The van der Waals surface area contributed by atoms with E-state index in [1.165, 1.54) is 25.4 Å². The molecule has 7 heteroatoms. The second-order valence-corrected chi connectivity index (χ2v) is 4.86. The number of nitrogens with one attached hydrogen (secondary N) is 1. The van der Waals surface area contributed by atoms with Gasteiger partial charge in [0.15, 0.2) is 5.69 Å². The summed E-state index contributed by atoms with van der Waals surface area (Å²) in [5, 5.41) is 7.64. The van der Waals surface area contributed by atoms with Crippen LogP contribution in [0.4, 0.5) is 5.82 Å². The molecule has 0 aliphatic rings. The summed E-state index contributed by atoms with van der Waals surface area (Å²) in [5.41, 5.74) is 1.46. The number of esters is 1. The topological polar surface area (TPSA) is 86.1 Å². The molecule has 2 heterocycles. The Balaban J connectivity index is 1.91. The molecule has 7 nitrogen and oxygen atoms in total. The number of rotatable bonds is 3. The first-order valence-corrected chi connectivity index (χ1v) is 6.87. The number of hydrogen-bond acceptors (Lipinski definition) is 5. The third-order valence-electron chi connectivity index (χ3n) is 3.40. The monoisotopic (exact) mass is 310 g/mol. The lowest BCUT2D eigenvalue weighted by atomic mass is 10.2. The van der Waals surface area contributed by atoms with Crippen LogP contribution in [-0.2, 0) is 11.8 Å². The van der Waals surface area contributed by atoms with E-state index in [0.29, 0.717) is 11.3 Å². The molecule has 0 aliphatic carbocycles. The number of benzene rings is 1. The number of nitrogens with zero attached hydrogens (tertiary/aromatic N) is 3. The van der Waals surface area contributed by atoms with Crippen LogP contribution in [0.5, 0.6) is 0 Å². The van der Waals surface area contributed by atoms with Crippen molar-refractivity contribution in [2.75, 3.05) is 12.4 Å². The zero-order valence-electron chi connectivity index (χ0n) is 12.6. The van der Waals surface area contributed by atoms with E-state index in [1.807, 2.05) is 24.3 Å². The largest absolute Gasteiger partial charge is 0.465 e. The minimum Gasteiger partial charge on any atom is -0.465 e. The van der Waals surface area contributed by atoms with Gasteiger partial charge >= 0.3 is 5.97 Å². The van der Waals surface area contributed by atoms with E-state index in [2.05, 4.69) is 20.1 Å². The van der Waals surface area contributed by atoms with Crippen LogP contribution < -0.4 is 5.32 Å². The van der Waals surface area contributed by atoms with Crippen molar-refractivity contribution in [2.24, 2.45) is 7.05 Å². The summed E-state index contributed by atoms with van der Waals surface area (Å²) in [6.07, 6.45) is 1.43. The van der Waals surface area contributed by atoms with Crippen molar-refractivity contribution >= 4 is 28.6 Å². The number of ether oxygens (including phenoxy) is 1. The van der Waals surface area contributed by atoms with Gasteiger partial charge < -0.3 is 10.1 Å². The van der Waals surface area contributed by atoms with Gasteiger partial charge in [-0.25, -0.2) is 9.78 Å². The molecule has 0 spiro atoms. The van der Waals surface area contributed by atoms with Crippen LogP contribution in [0, 0.1) is 0 Å². The van der Waals surface area contributed by atoms with E-state index >= 15 is 0 Å². The number of para-hydroxylation sites is 1. The van der Waals surface area contributed by atoms with Gasteiger partial charge in [0, 0.05) is 18.6 Å². The minimum atomic E-state index is -0.494. The van der Waals surface area contributed by atoms with Gasteiger partial charge in [0.2, 0.25) is 0 Å². The molecule has 2 aromatic heterocycles. The van der Waals surface area contributed by atoms with Crippen LogP contribution in [0.15, 0.2) is 42.6 Å². The van der Waals surface area contributed by atoms with E-state index in [4.69, 9.17) is 0 Å². The van der Waals surface area contributed by atoms with E-state index < -0.39 is 11.9 Å². The number of anilines is 1. The van der Waals surface area contributed by atoms with Crippen LogP contribution in [0.1, 0.15) is 20.8 Å².